The third kappa shape index (κ3) is 5.28. The SMILES string of the molecule is CCCCn1c(=O)[nH]c(=O)c2c1nc(CCC(=O)N1CCCC(CC)C1)n2CC(C)C. The lowest BCUT2D eigenvalue weighted by molar-refractivity contribution is -0.133. The van der Waals surface area contributed by atoms with Crippen LogP contribution in [0.15, 0.2) is 9.59 Å². The van der Waals surface area contributed by atoms with Crippen LogP contribution < -0.4 is 11.2 Å². The molecule has 0 aromatic carbocycles. The Morgan fingerprint density at radius 3 is 2.68 bits per heavy atom. The summed E-state index contributed by atoms with van der Waals surface area (Å²) < 4.78 is 3.48. The molecule has 1 unspecified atom stereocenters. The van der Waals surface area contributed by atoms with Gasteiger partial charge in [0.1, 0.15) is 5.82 Å². The summed E-state index contributed by atoms with van der Waals surface area (Å²) in [5.41, 5.74) is 0.0622. The summed E-state index contributed by atoms with van der Waals surface area (Å²) in [5.74, 6) is 1.76. The van der Waals surface area contributed by atoms with Gasteiger partial charge in [0, 0.05) is 39.0 Å². The minimum atomic E-state index is -0.415. The van der Waals surface area contributed by atoms with E-state index in [1.165, 1.54) is 6.42 Å². The summed E-state index contributed by atoms with van der Waals surface area (Å²) in [7, 11) is 0. The summed E-state index contributed by atoms with van der Waals surface area (Å²) in [4.78, 5) is 47.2. The van der Waals surface area contributed by atoms with E-state index in [9.17, 15) is 14.4 Å². The van der Waals surface area contributed by atoms with Gasteiger partial charge in [0.15, 0.2) is 11.2 Å². The normalized spacial score (nSPS) is 17.1. The van der Waals surface area contributed by atoms with E-state index in [0.717, 1.165) is 38.8 Å². The molecule has 3 rings (SSSR count). The van der Waals surface area contributed by atoms with E-state index in [0.29, 0.717) is 54.8 Å². The second kappa shape index (κ2) is 10.3. The van der Waals surface area contributed by atoms with Gasteiger partial charge in [-0.1, -0.05) is 40.5 Å². The molecule has 0 radical (unpaired) electrons. The molecule has 2 aromatic heterocycles. The zero-order valence-electron chi connectivity index (χ0n) is 19.4. The average molecular weight is 432 g/mol. The third-order valence-corrected chi connectivity index (χ3v) is 6.26. The van der Waals surface area contributed by atoms with E-state index in [-0.39, 0.29) is 5.91 Å². The van der Waals surface area contributed by atoms with Crippen molar-refractivity contribution in [3.05, 3.63) is 26.7 Å². The maximum Gasteiger partial charge on any atom is 0.330 e. The minimum Gasteiger partial charge on any atom is -0.342 e. The number of rotatable bonds is 9. The highest BCUT2D eigenvalue weighted by molar-refractivity contribution is 5.77. The number of hydrogen-bond acceptors (Lipinski definition) is 4. The molecule has 0 aliphatic carbocycles. The van der Waals surface area contributed by atoms with E-state index in [4.69, 9.17) is 4.98 Å². The Hall–Kier alpha value is -2.38. The quantitative estimate of drug-likeness (QED) is 0.661. The Labute approximate surface area is 183 Å². The zero-order valence-corrected chi connectivity index (χ0v) is 19.4. The van der Waals surface area contributed by atoms with Crippen LogP contribution in [0.2, 0.25) is 0 Å². The van der Waals surface area contributed by atoms with Gasteiger partial charge in [-0.15, -0.1) is 0 Å². The van der Waals surface area contributed by atoms with Gasteiger partial charge in [-0.3, -0.25) is 19.1 Å². The Kier molecular flexibility index (Phi) is 7.73. The van der Waals surface area contributed by atoms with Crippen molar-refractivity contribution in [1.82, 2.24) is 24.0 Å². The lowest BCUT2D eigenvalue weighted by Crippen LogP contribution is -2.39. The molecule has 1 fully saturated rings. The van der Waals surface area contributed by atoms with E-state index in [2.05, 4.69) is 32.7 Å². The first-order valence-corrected chi connectivity index (χ1v) is 11.9. The van der Waals surface area contributed by atoms with Crippen LogP contribution in [0.1, 0.15) is 72.0 Å². The highest BCUT2D eigenvalue weighted by atomic mass is 16.2. The van der Waals surface area contributed by atoms with E-state index in [1.807, 2.05) is 9.47 Å². The number of nitrogens with one attached hydrogen (secondary N) is 1. The molecule has 8 heteroatoms. The van der Waals surface area contributed by atoms with Crippen molar-refractivity contribution in [2.45, 2.75) is 85.7 Å². The molecule has 1 atom stereocenters. The molecule has 31 heavy (non-hydrogen) atoms. The smallest absolute Gasteiger partial charge is 0.330 e. The first-order chi connectivity index (χ1) is 14.8. The molecular formula is C23H37N5O3. The van der Waals surface area contributed by atoms with E-state index >= 15 is 0 Å². The number of piperidine rings is 1. The number of unbranched alkanes of at least 4 members (excludes halogenated alkanes) is 1. The Morgan fingerprint density at radius 1 is 1.23 bits per heavy atom. The molecule has 1 aliphatic heterocycles. The van der Waals surface area contributed by atoms with Crippen molar-refractivity contribution >= 4 is 17.1 Å². The van der Waals surface area contributed by atoms with E-state index in [1.54, 1.807) is 4.57 Å². The van der Waals surface area contributed by atoms with Crippen molar-refractivity contribution in [1.29, 1.82) is 0 Å². The van der Waals surface area contributed by atoms with Gasteiger partial charge in [0.2, 0.25) is 5.91 Å². The van der Waals surface area contributed by atoms with Crippen LogP contribution in [0.5, 0.6) is 0 Å². The van der Waals surface area contributed by atoms with Crippen molar-refractivity contribution in [3.63, 3.8) is 0 Å². The van der Waals surface area contributed by atoms with Gasteiger partial charge in [0.05, 0.1) is 0 Å². The minimum absolute atomic E-state index is 0.151. The van der Waals surface area contributed by atoms with Crippen LogP contribution in [0.4, 0.5) is 0 Å². The van der Waals surface area contributed by atoms with Crippen LogP contribution in [-0.4, -0.2) is 43.0 Å². The summed E-state index contributed by atoms with van der Waals surface area (Å²) in [5, 5.41) is 0. The lowest BCUT2D eigenvalue weighted by Gasteiger charge is -2.32. The molecule has 172 valence electrons. The number of hydrogen-bond donors (Lipinski definition) is 1. The predicted octanol–water partition coefficient (Wildman–Crippen LogP) is 2.92. The summed E-state index contributed by atoms with van der Waals surface area (Å²) >= 11 is 0. The number of likely N-dealkylation sites (tertiary alicyclic amines) is 1. The van der Waals surface area contributed by atoms with Crippen molar-refractivity contribution in [2.75, 3.05) is 13.1 Å². The van der Waals surface area contributed by atoms with Gasteiger partial charge < -0.3 is 9.47 Å². The topological polar surface area (TPSA) is 93.0 Å². The van der Waals surface area contributed by atoms with Gasteiger partial charge in [-0.25, -0.2) is 9.78 Å². The summed E-state index contributed by atoms with van der Waals surface area (Å²) in [6.45, 7) is 11.2. The molecule has 0 bridgehead atoms. The number of carbonyl (C=O) groups excluding carboxylic acids is 1. The number of fused-ring (bicyclic) bond motifs is 1. The summed E-state index contributed by atoms with van der Waals surface area (Å²) in [6.07, 6.45) is 5.98. The second-order valence-electron chi connectivity index (χ2n) is 9.23. The van der Waals surface area contributed by atoms with Gasteiger partial charge in [0.25, 0.3) is 5.56 Å². The van der Waals surface area contributed by atoms with Gasteiger partial charge >= 0.3 is 5.69 Å². The highest BCUT2D eigenvalue weighted by Gasteiger charge is 2.24. The monoisotopic (exact) mass is 431 g/mol. The van der Waals surface area contributed by atoms with E-state index < -0.39 is 11.2 Å². The van der Waals surface area contributed by atoms with Gasteiger partial charge in [-0.2, -0.15) is 0 Å². The number of amides is 1. The number of nitrogens with zero attached hydrogens (tertiary/aromatic N) is 4. The largest absolute Gasteiger partial charge is 0.342 e. The second-order valence-corrected chi connectivity index (χ2v) is 9.23. The average Bonchev–Trinajstić information content (AvgIpc) is 3.09. The molecule has 1 N–H and O–H groups in total. The summed E-state index contributed by atoms with van der Waals surface area (Å²) in [6, 6.07) is 0. The van der Waals surface area contributed by atoms with Crippen LogP contribution in [0.3, 0.4) is 0 Å². The first-order valence-electron chi connectivity index (χ1n) is 11.9. The Morgan fingerprint density at radius 2 is 2.00 bits per heavy atom. The molecule has 1 amide bonds. The van der Waals surface area contributed by atoms with Gasteiger partial charge in [-0.05, 0) is 31.1 Å². The standard InChI is InChI=1S/C23H37N5O3/c1-5-7-13-27-21-20(22(30)25-23(27)31)28(14-16(3)4)18(24-21)10-11-19(29)26-12-8-9-17(6-2)15-26/h16-17H,5-15H2,1-4H3,(H,25,30,31). The van der Waals surface area contributed by atoms with Crippen LogP contribution in [0.25, 0.3) is 11.2 Å². The fourth-order valence-electron chi connectivity index (χ4n) is 4.50. The van der Waals surface area contributed by atoms with Crippen LogP contribution >= 0.6 is 0 Å². The number of aryl methyl sites for hydroxylation is 2. The molecule has 3 heterocycles. The number of aromatic amines is 1. The van der Waals surface area contributed by atoms with Crippen LogP contribution in [0, 0.1) is 11.8 Å². The number of imidazole rings is 1. The highest BCUT2D eigenvalue weighted by Crippen LogP contribution is 2.21. The molecule has 1 saturated heterocycles. The fraction of sp³-hybridized carbons (Fsp3) is 0.739. The number of H-pyrrole nitrogens is 1. The molecule has 2 aromatic rings. The molecule has 1 aliphatic rings. The predicted molar refractivity (Wildman–Crippen MR) is 122 cm³/mol. The molecule has 0 spiro atoms. The van der Waals surface area contributed by atoms with Crippen molar-refractivity contribution in [3.8, 4) is 0 Å². The van der Waals surface area contributed by atoms with Crippen LogP contribution in [-0.2, 0) is 24.3 Å². The molecule has 8 nitrogen and oxygen atoms in total. The van der Waals surface area contributed by atoms with Crippen molar-refractivity contribution < 1.29 is 4.79 Å². The Bertz CT molecular complexity index is 1020. The van der Waals surface area contributed by atoms with Crippen molar-refractivity contribution in [2.24, 2.45) is 11.8 Å². The maximum atomic E-state index is 12.9. The number of aromatic nitrogens is 4. The molecule has 0 saturated carbocycles. The fourth-order valence-corrected chi connectivity index (χ4v) is 4.50. The third-order valence-electron chi connectivity index (χ3n) is 6.26. The zero-order chi connectivity index (χ0) is 22.5. The molecular weight excluding hydrogens is 394 g/mol. The number of carbonyl (C=O) groups is 1. The first kappa shape index (κ1) is 23.3. The maximum absolute atomic E-state index is 12.9. The lowest BCUT2D eigenvalue weighted by atomic mass is 9.95. The Balaban J connectivity index is 1.91.